The third kappa shape index (κ3) is 4.04. The summed E-state index contributed by atoms with van der Waals surface area (Å²) in [7, 11) is 0. The predicted molar refractivity (Wildman–Crippen MR) is 136 cm³/mol. The van der Waals surface area contributed by atoms with E-state index in [0.29, 0.717) is 28.6 Å². The molecule has 0 amide bonds. The molecule has 0 unspecified atom stereocenters. The Labute approximate surface area is 201 Å². The molecule has 4 aliphatic carbocycles. The number of hydrogen-bond acceptors (Lipinski definition) is 2. The van der Waals surface area contributed by atoms with Gasteiger partial charge in [0.25, 0.3) is 0 Å². The van der Waals surface area contributed by atoms with E-state index in [0.717, 1.165) is 36.2 Å². The van der Waals surface area contributed by atoms with Crippen molar-refractivity contribution in [1.82, 2.24) is 0 Å². The van der Waals surface area contributed by atoms with Crippen molar-refractivity contribution in [3.05, 3.63) is 42.0 Å². The molecule has 0 saturated heterocycles. The van der Waals surface area contributed by atoms with Gasteiger partial charge >= 0.3 is 0 Å². The average Bonchev–Trinajstić information content (AvgIpc) is 3.15. The van der Waals surface area contributed by atoms with Crippen LogP contribution in [-0.4, -0.2) is 21.9 Å². The van der Waals surface area contributed by atoms with Crippen LogP contribution in [0.15, 0.2) is 36.4 Å². The Morgan fingerprint density at radius 2 is 1.61 bits per heavy atom. The van der Waals surface area contributed by atoms with E-state index in [1.54, 1.807) is 0 Å². The van der Waals surface area contributed by atoms with Gasteiger partial charge in [-0.2, -0.15) is 0 Å². The monoisotopic (exact) mass is 450 g/mol. The topological polar surface area (TPSA) is 40.5 Å². The fraction of sp³-hybridized carbons (Fsp3) is 0.742. The van der Waals surface area contributed by atoms with E-state index in [-0.39, 0.29) is 6.10 Å². The van der Waals surface area contributed by atoms with Crippen molar-refractivity contribution in [1.29, 1.82) is 0 Å². The molecular formula is C31H46O2. The second-order valence-corrected chi connectivity index (χ2v) is 13.2. The molecule has 2 heteroatoms. The molecule has 4 fully saturated rings. The number of benzene rings is 1. The maximum atomic E-state index is 11.1. The van der Waals surface area contributed by atoms with Crippen molar-refractivity contribution in [2.24, 2.45) is 46.3 Å². The van der Waals surface area contributed by atoms with Crippen LogP contribution in [0.2, 0.25) is 0 Å². The molecule has 33 heavy (non-hydrogen) atoms. The number of aliphatic hydroxyl groups excluding tert-OH is 1. The Hall–Kier alpha value is -1.12. The molecule has 1 aromatic rings. The molecule has 2 N–H and O–H groups in total. The van der Waals surface area contributed by atoms with E-state index in [2.05, 4.69) is 58.0 Å². The summed E-state index contributed by atoms with van der Waals surface area (Å²) >= 11 is 0. The number of rotatable bonds is 4. The molecule has 0 bridgehead atoms. The largest absolute Gasteiger partial charge is 0.390 e. The van der Waals surface area contributed by atoms with Crippen LogP contribution in [-0.2, 0) is 0 Å². The summed E-state index contributed by atoms with van der Waals surface area (Å²) in [6, 6.07) is 10.3. The van der Waals surface area contributed by atoms with Gasteiger partial charge in [-0.25, -0.2) is 0 Å². The zero-order chi connectivity index (χ0) is 23.4. The molecule has 4 aliphatic rings. The van der Waals surface area contributed by atoms with Crippen LogP contribution in [0, 0.1) is 46.3 Å². The van der Waals surface area contributed by atoms with Gasteiger partial charge in [-0.15, -0.1) is 0 Å². The Bertz CT molecular complexity index is 859. The Balaban J connectivity index is 1.31. The Morgan fingerprint density at radius 3 is 2.36 bits per heavy atom. The molecule has 0 heterocycles. The maximum Gasteiger partial charge on any atom is 0.0752 e. The highest BCUT2D eigenvalue weighted by Crippen LogP contribution is 2.68. The van der Waals surface area contributed by atoms with Crippen LogP contribution >= 0.6 is 0 Å². The molecule has 0 radical (unpaired) electrons. The fourth-order valence-electron chi connectivity index (χ4n) is 9.52. The second-order valence-electron chi connectivity index (χ2n) is 13.2. The molecule has 10 atom stereocenters. The molecular weight excluding hydrogens is 404 g/mol. The quantitative estimate of drug-likeness (QED) is 0.513. The van der Waals surface area contributed by atoms with E-state index in [1.807, 2.05) is 12.1 Å². The summed E-state index contributed by atoms with van der Waals surface area (Å²) in [4.78, 5) is 0. The molecule has 0 aromatic heterocycles. The summed E-state index contributed by atoms with van der Waals surface area (Å²) in [5.74, 6) is 4.11. The van der Waals surface area contributed by atoms with Gasteiger partial charge in [0, 0.05) is 0 Å². The highest BCUT2D eigenvalue weighted by atomic mass is 16.3. The second kappa shape index (κ2) is 8.52. The van der Waals surface area contributed by atoms with E-state index in [4.69, 9.17) is 0 Å². The fourth-order valence-corrected chi connectivity index (χ4v) is 9.52. The zero-order valence-corrected chi connectivity index (χ0v) is 21.3. The van der Waals surface area contributed by atoms with E-state index < -0.39 is 5.60 Å². The van der Waals surface area contributed by atoms with Gasteiger partial charge in [-0.3, -0.25) is 0 Å². The third-order valence-corrected chi connectivity index (χ3v) is 11.5. The average molecular weight is 451 g/mol. The lowest BCUT2D eigenvalue weighted by molar-refractivity contribution is -0.149. The molecule has 0 spiro atoms. The highest BCUT2D eigenvalue weighted by molar-refractivity contribution is 5.49. The van der Waals surface area contributed by atoms with Crippen molar-refractivity contribution >= 4 is 6.08 Å². The molecule has 0 aliphatic heterocycles. The van der Waals surface area contributed by atoms with Crippen molar-refractivity contribution in [2.45, 2.75) is 97.2 Å². The smallest absolute Gasteiger partial charge is 0.0752 e. The van der Waals surface area contributed by atoms with Gasteiger partial charge in [0.05, 0.1) is 11.7 Å². The van der Waals surface area contributed by atoms with Crippen LogP contribution in [0.5, 0.6) is 0 Å². The summed E-state index contributed by atoms with van der Waals surface area (Å²) in [5, 5.41) is 21.9. The lowest BCUT2D eigenvalue weighted by Crippen LogP contribution is -2.55. The minimum atomic E-state index is -0.447. The van der Waals surface area contributed by atoms with Gasteiger partial charge in [0.2, 0.25) is 0 Å². The summed E-state index contributed by atoms with van der Waals surface area (Å²) in [6.07, 6.45) is 14.9. The van der Waals surface area contributed by atoms with Crippen LogP contribution in [0.3, 0.4) is 0 Å². The Morgan fingerprint density at radius 1 is 0.879 bits per heavy atom. The van der Waals surface area contributed by atoms with E-state index >= 15 is 0 Å². The van der Waals surface area contributed by atoms with Gasteiger partial charge in [0.15, 0.2) is 0 Å². The minimum absolute atomic E-state index is 0.299. The first-order chi connectivity index (χ1) is 15.6. The summed E-state index contributed by atoms with van der Waals surface area (Å²) in [6.45, 7) is 9.53. The first-order valence-electron chi connectivity index (χ1n) is 13.8. The van der Waals surface area contributed by atoms with Gasteiger partial charge in [-0.1, -0.05) is 63.3 Å². The first-order valence-corrected chi connectivity index (χ1v) is 13.8. The Kier molecular flexibility index (Phi) is 6.10. The van der Waals surface area contributed by atoms with Crippen molar-refractivity contribution in [3.63, 3.8) is 0 Å². The normalized spacial score (nSPS) is 46.9. The van der Waals surface area contributed by atoms with Crippen LogP contribution in [0.4, 0.5) is 0 Å². The van der Waals surface area contributed by atoms with Crippen molar-refractivity contribution < 1.29 is 10.2 Å². The van der Waals surface area contributed by atoms with E-state index in [1.165, 1.54) is 44.9 Å². The van der Waals surface area contributed by atoms with Crippen molar-refractivity contribution in [3.8, 4) is 0 Å². The standard InChI is InChI=1S/C31H46O2/c1-21(28(32)15-10-22-8-6-5-7-9-22)25-13-14-26-24-12-11-23-20-29(2,33)18-19-30(23,3)27(24)16-17-31(25,26)4/h5-10,15,21,23-28,32-33H,11-14,16-20H2,1-4H3/b15-10+/t21-,23-,24-,25+,26-,27-,28+,29-,30-,31+/m0/s1. The number of fused-ring (bicyclic) bond motifs is 5. The van der Waals surface area contributed by atoms with Crippen LogP contribution in [0.1, 0.15) is 91.0 Å². The predicted octanol–water partition coefficient (Wildman–Crippen LogP) is 7.11. The summed E-state index contributed by atoms with van der Waals surface area (Å²) < 4.78 is 0. The van der Waals surface area contributed by atoms with Crippen molar-refractivity contribution in [2.75, 3.05) is 0 Å². The SMILES string of the molecule is C[C@H]([C@H](O)/C=C/c1ccccc1)[C@H]1CC[C@H]2[C@@H]3CC[C@H]4C[C@@](C)(O)CC[C@]4(C)[C@H]3CC[C@]12C. The van der Waals surface area contributed by atoms with Gasteiger partial charge in [0.1, 0.15) is 0 Å². The molecule has 5 rings (SSSR count). The molecule has 4 saturated carbocycles. The molecule has 1 aromatic carbocycles. The number of aliphatic hydroxyl groups is 2. The van der Waals surface area contributed by atoms with Gasteiger partial charge < -0.3 is 10.2 Å². The maximum absolute atomic E-state index is 11.1. The number of hydrogen-bond donors (Lipinski definition) is 2. The lowest BCUT2D eigenvalue weighted by atomic mass is 9.43. The van der Waals surface area contributed by atoms with Gasteiger partial charge in [-0.05, 0) is 117 Å². The van der Waals surface area contributed by atoms with Crippen LogP contribution < -0.4 is 0 Å². The third-order valence-electron chi connectivity index (χ3n) is 11.5. The molecule has 182 valence electrons. The van der Waals surface area contributed by atoms with Crippen LogP contribution in [0.25, 0.3) is 6.08 Å². The minimum Gasteiger partial charge on any atom is -0.390 e. The first kappa shape index (κ1) is 23.6. The molecule has 2 nitrogen and oxygen atoms in total. The zero-order valence-electron chi connectivity index (χ0n) is 21.3. The highest BCUT2D eigenvalue weighted by Gasteiger charge is 2.61. The lowest BCUT2D eigenvalue weighted by Gasteiger charge is -2.62. The summed E-state index contributed by atoms with van der Waals surface area (Å²) in [5.41, 5.74) is 1.51. The van der Waals surface area contributed by atoms with E-state index in [9.17, 15) is 10.2 Å².